The second kappa shape index (κ2) is 6.48. The van der Waals surface area contributed by atoms with Crippen molar-refractivity contribution in [2.45, 2.75) is 38.5 Å². The molecule has 106 valence electrons. The molecule has 2 aromatic rings. The van der Waals surface area contributed by atoms with Gasteiger partial charge in [0, 0.05) is 36.8 Å². The number of nitrogens with one attached hydrogen (secondary N) is 1. The van der Waals surface area contributed by atoms with Crippen LogP contribution in [-0.4, -0.2) is 23.0 Å². The van der Waals surface area contributed by atoms with Gasteiger partial charge in [-0.25, -0.2) is 0 Å². The zero-order valence-electron chi connectivity index (χ0n) is 11.9. The predicted molar refractivity (Wildman–Crippen MR) is 83.6 cm³/mol. The topological polar surface area (TPSA) is 28.2 Å². The van der Waals surface area contributed by atoms with Crippen LogP contribution in [0.2, 0.25) is 0 Å². The molecular formula is C16H21N3S. The second-order valence-electron chi connectivity index (χ2n) is 5.56. The maximum Gasteiger partial charge on any atom is 0.0544 e. The van der Waals surface area contributed by atoms with Crippen molar-refractivity contribution in [3.05, 3.63) is 52.0 Å². The summed E-state index contributed by atoms with van der Waals surface area (Å²) in [4.78, 5) is 8.27. The highest BCUT2D eigenvalue weighted by atomic mass is 32.1. The average Bonchev–Trinajstić information content (AvgIpc) is 3.14. The van der Waals surface area contributed by atoms with Crippen molar-refractivity contribution in [3.8, 4) is 0 Å². The standard InChI is InChI=1S/C16H21N3S/c1-19(12-16-3-2-8-20-16)11-15-5-4-13(10-18-15)9-17-14-6-7-14/h2-5,8,10,14,17H,6-7,9,11-12H2,1H3. The highest BCUT2D eigenvalue weighted by molar-refractivity contribution is 7.09. The number of thiophene rings is 1. The first-order chi connectivity index (χ1) is 9.79. The first-order valence-corrected chi connectivity index (χ1v) is 8.06. The number of aromatic nitrogens is 1. The van der Waals surface area contributed by atoms with E-state index in [1.54, 1.807) is 0 Å². The smallest absolute Gasteiger partial charge is 0.0544 e. The van der Waals surface area contributed by atoms with E-state index in [1.165, 1.54) is 23.3 Å². The normalized spacial score (nSPS) is 14.9. The number of pyridine rings is 1. The van der Waals surface area contributed by atoms with Gasteiger partial charge in [-0.15, -0.1) is 11.3 Å². The van der Waals surface area contributed by atoms with Crippen LogP contribution in [0.15, 0.2) is 35.8 Å². The number of nitrogens with zero attached hydrogens (tertiary/aromatic N) is 2. The molecule has 1 aliphatic rings. The van der Waals surface area contributed by atoms with Crippen LogP contribution >= 0.6 is 11.3 Å². The van der Waals surface area contributed by atoms with Gasteiger partial charge in [-0.3, -0.25) is 9.88 Å². The Hall–Kier alpha value is -1.23. The molecule has 0 bridgehead atoms. The van der Waals surface area contributed by atoms with Crippen molar-refractivity contribution in [3.63, 3.8) is 0 Å². The molecule has 3 rings (SSSR count). The summed E-state index contributed by atoms with van der Waals surface area (Å²) in [6.45, 7) is 2.83. The second-order valence-corrected chi connectivity index (χ2v) is 6.60. The molecule has 3 nitrogen and oxygen atoms in total. The van der Waals surface area contributed by atoms with E-state index in [0.29, 0.717) is 0 Å². The Balaban J connectivity index is 1.48. The van der Waals surface area contributed by atoms with Crippen LogP contribution in [0, 0.1) is 0 Å². The highest BCUT2D eigenvalue weighted by Gasteiger charge is 2.19. The van der Waals surface area contributed by atoms with Gasteiger partial charge >= 0.3 is 0 Å². The molecule has 1 saturated carbocycles. The molecule has 0 radical (unpaired) electrons. The third-order valence-corrected chi connectivity index (χ3v) is 4.36. The van der Waals surface area contributed by atoms with Gasteiger partial charge in [0.2, 0.25) is 0 Å². The summed E-state index contributed by atoms with van der Waals surface area (Å²) in [7, 11) is 2.14. The van der Waals surface area contributed by atoms with E-state index in [2.05, 4.69) is 51.9 Å². The van der Waals surface area contributed by atoms with E-state index >= 15 is 0 Å². The third-order valence-electron chi connectivity index (χ3n) is 3.50. The lowest BCUT2D eigenvalue weighted by Crippen LogP contribution is -2.18. The maximum atomic E-state index is 4.57. The number of rotatable bonds is 7. The van der Waals surface area contributed by atoms with Crippen molar-refractivity contribution >= 4 is 11.3 Å². The van der Waals surface area contributed by atoms with Gasteiger partial charge in [-0.1, -0.05) is 12.1 Å². The molecule has 0 atom stereocenters. The van der Waals surface area contributed by atoms with Gasteiger partial charge < -0.3 is 5.32 Å². The lowest BCUT2D eigenvalue weighted by Gasteiger charge is -2.15. The zero-order chi connectivity index (χ0) is 13.8. The summed E-state index contributed by atoms with van der Waals surface area (Å²) in [5, 5.41) is 5.64. The molecule has 0 amide bonds. The molecule has 0 unspecified atom stereocenters. The maximum absolute atomic E-state index is 4.57. The van der Waals surface area contributed by atoms with Crippen LogP contribution in [0.25, 0.3) is 0 Å². The molecule has 0 aromatic carbocycles. The Morgan fingerprint density at radius 3 is 2.85 bits per heavy atom. The van der Waals surface area contributed by atoms with E-state index in [4.69, 9.17) is 0 Å². The Kier molecular flexibility index (Phi) is 4.45. The fourth-order valence-electron chi connectivity index (χ4n) is 2.20. The van der Waals surface area contributed by atoms with Crippen LogP contribution in [-0.2, 0) is 19.6 Å². The van der Waals surface area contributed by atoms with E-state index in [9.17, 15) is 0 Å². The van der Waals surface area contributed by atoms with E-state index in [1.807, 2.05) is 17.5 Å². The Labute approximate surface area is 124 Å². The van der Waals surface area contributed by atoms with Crippen LogP contribution in [0.1, 0.15) is 29.0 Å². The molecule has 4 heteroatoms. The SMILES string of the molecule is CN(Cc1ccc(CNC2CC2)cn1)Cc1cccs1. The Bertz CT molecular complexity index is 517. The quantitative estimate of drug-likeness (QED) is 0.848. The lowest BCUT2D eigenvalue weighted by atomic mass is 10.2. The van der Waals surface area contributed by atoms with Crippen LogP contribution < -0.4 is 5.32 Å². The van der Waals surface area contributed by atoms with Crippen molar-refractivity contribution < 1.29 is 0 Å². The molecule has 2 aromatic heterocycles. The first kappa shape index (κ1) is 13.7. The minimum Gasteiger partial charge on any atom is -0.310 e. The van der Waals surface area contributed by atoms with E-state index < -0.39 is 0 Å². The fourth-order valence-corrected chi connectivity index (χ4v) is 2.99. The Morgan fingerprint density at radius 2 is 2.20 bits per heavy atom. The molecule has 2 heterocycles. The first-order valence-electron chi connectivity index (χ1n) is 7.18. The van der Waals surface area contributed by atoms with Gasteiger partial charge in [0.25, 0.3) is 0 Å². The largest absolute Gasteiger partial charge is 0.310 e. The highest BCUT2D eigenvalue weighted by Crippen LogP contribution is 2.19. The average molecular weight is 287 g/mol. The van der Waals surface area contributed by atoms with Crippen LogP contribution in [0.3, 0.4) is 0 Å². The summed E-state index contributed by atoms with van der Waals surface area (Å²) in [6.07, 6.45) is 4.67. The fraction of sp³-hybridized carbons (Fsp3) is 0.438. The molecular weight excluding hydrogens is 266 g/mol. The molecule has 1 fully saturated rings. The Morgan fingerprint density at radius 1 is 1.30 bits per heavy atom. The van der Waals surface area contributed by atoms with Crippen molar-refractivity contribution in [2.24, 2.45) is 0 Å². The zero-order valence-corrected chi connectivity index (χ0v) is 12.7. The van der Waals surface area contributed by atoms with Crippen molar-refractivity contribution in [2.75, 3.05) is 7.05 Å². The number of hydrogen-bond donors (Lipinski definition) is 1. The third kappa shape index (κ3) is 4.13. The monoisotopic (exact) mass is 287 g/mol. The van der Waals surface area contributed by atoms with Crippen LogP contribution in [0.4, 0.5) is 0 Å². The summed E-state index contributed by atoms with van der Waals surface area (Å²) in [5.41, 5.74) is 2.42. The van der Waals surface area contributed by atoms with Gasteiger partial charge in [0.05, 0.1) is 5.69 Å². The molecule has 1 aliphatic carbocycles. The minimum atomic E-state index is 0.756. The number of hydrogen-bond acceptors (Lipinski definition) is 4. The molecule has 0 spiro atoms. The predicted octanol–water partition coefficient (Wildman–Crippen LogP) is 3.03. The van der Waals surface area contributed by atoms with E-state index in [0.717, 1.165) is 31.4 Å². The molecule has 1 N–H and O–H groups in total. The van der Waals surface area contributed by atoms with Crippen molar-refractivity contribution in [1.82, 2.24) is 15.2 Å². The molecule has 0 saturated heterocycles. The van der Waals surface area contributed by atoms with E-state index in [-0.39, 0.29) is 0 Å². The lowest BCUT2D eigenvalue weighted by molar-refractivity contribution is 0.318. The van der Waals surface area contributed by atoms with Crippen molar-refractivity contribution in [1.29, 1.82) is 0 Å². The minimum absolute atomic E-state index is 0.756. The van der Waals surface area contributed by atoms with Gasteiger partial charge in [-0.2, -0.15) is 0 Å². The van der Waals surface area contributed by atoms with Gasteiger partial charge in [0.1, 0.15) is 0 Å². The summed E-state index contributed by atoms with van der Waals surface area (Å²) >= 11 is 1.81. The molecule has 20 heavy (non-hydrogen) atoms. The van der Waals surface area contributed by atoms with Gasteiger partial charge in [-0.05, 0) is 43.0 Å². The summed E-state index contributed by atoms with van der Waals surface area (Å²) in [5.74, 6) is 0. The summed E-state index contributed by atoms with van der Waals surface area (Å²) in [6, 6.07) is 9.38. The summed E-state index contributed by atoms with van der Waals surface area (Å²) < 4.78 is 0. The van der Waals surface area contributed by atoms with Crippen LogP contribution in [0.5, 0.6) is 0 Å². The van der Waals surface area contributed by atoms with Gasteiger partial charge in [0.15, 0.2) is 0 Å². The molecule has 0 aliphatic heterocycles.